The molecule has 31 heavy (non-hydrogen) atoms. The van der Waals surface area contributed by atoms with Crippen molar-refractivity contribution in [1.29, 1.82) is 0 Å². The number of carbonyl (C=O) groups excluding carboxylic acids is 2. The third kappa shape index (κ3) is 5.40. The molecule has 0 radical (unpaired) electrons. The molecule has 0 fully saturated rings. The number of hydrogen-bond donors (Lipinski definition) is 2. The number of carbonyl (C=O) groups is 2. The molecule has 1 atom stereocenters. The molecule has 0 bridgehead atoms. The number of benzene rings is 3. The van der Waals surface area contributed by atoms with E-state index in [-0.39, 0.29) is 23.1 Å². The Kier molecular flexibility index (Phi) is 6.91. The quantitative estimate of drug-likeness (QED) is 0.616. The first kappa shape index (κ1) is 22.3. The van der Waals surface area contributed by atoms with Crippen molar-refractivity contribution in [2.45, 2.75) is 38.1 Å². The second kappa shape index (κ2) is 9.61. The molecule has 0 aliphatic rings. The number of likely N-dealkylation sites (N-methyl/N-ethyl adjacent to an activating group) is 1. The highest BCUT2D eigenvalue weighted by atomic mass is 16.2. The summed E-state index contributed by atoms with van der Waals surface area (Å²) in [5, 5.41) is 5.71. The van der Waals surface area contributed by atoms with E-state index in [1.807, 2.05) is 84.9 Å². The van der Waals surface area contributed by atoms with Gasteiger partial charge < -0.3 is 10.6 Å². The van der Waals surface area contributed by atoms with Crippen molar-refractivity contribution < 1.29 is 9.59 Å². The Morgan fingerprint density at radius 3 is 1.65 bits per heavy atom. The van der Waals surface area contributed by atoms with Gasteiger partial charge in [0.25, 0.3) is 5.91 Å². The van der Waals surface area contributed by atoms with E-state index in [2.05, 4.69) is 31.4 Å². The van der Waals surface area contributed by atoms with Gasteiger partial charge in [-0.05, 0) is 34.2 Å². The number of nitrogens with one attached hydrogen (secondary N) is 2. The Morgan fingerprint density at radius 2 is 1.23 bits per heavy atom. The van der Waals surface area contributed by atoms with Crippen LogP contribution >= 0.6 is 0 Å². The molecule has 3 rings (SSSR count). The lowest BCUT2D eigenvalue weighted by Crippen LogP contribution is -2.49. The third-order valence-corrected chi connectivity index (χ3v) is 5.48. The molecule has 3 aromatic carbocycles. The maximum atomic E-state index is 13.1. The normalized spacial score (nSPS) is 12.3. The van der Waals surface area contributed by atoms with E-state index in [1.54, 1.807) is 7.05 Å². The number of amides is 2. The van der Waals surface area contributed by atoms with Crippen molar-refractivity contribution in [3.63, 3.8) is 0 Å². The Bertz CT molecular complexity index is 967. The van der Waals surface area contributed by atoms with Crippen LogP contribution in [0.1, 0.15) is 53.7 Å². The van der Waals surface area contributed by atoms with Gasteiger partial charge in [0.2, 0.25) is 5.91 Å². The lowest BCUT2D eigenvalue weighted by Gasteiger charge is -2.28. The Labute approximate surface area is 184 Å². The summed E-state index contributed by atoms with van der Waals surface area (Å²) in [5.74, 6) is -0.830. The van der Waals surface area contributed by atoms with Gasteiger partial charge in [0, 0.05) is 18.5 Å². The minimum atomic E-state index is -0.760. The van der Waals surface area contributed by atoms with Crippen LogP contribution in [0, 0.1) is 0 Å². The first-order chi connectivity index (χ1) is 14.8. The van der Waals surface area contributed by atoms with E-state index < -0.39 is 6.04 Å². The molecule has 0 saturated carbocycles. The maximum absolute atomic E-state index is 13.1. The van der Waals surface area contributed by atoms with Crippen LogP contribution in [0.5, 0.6) is 0 Å². The van der Waals surface area contributed by atoms with Crippen molar-refractivity contribution in [2.24, 2.45) is 0 Å². The lowest BCUT2D eigenvalue weighted by atomic mass is 9.84. The number of rotatable bonds is 6. The molecule has 0 aliphatic carbocycles. The molecule has 4 heteroatoms. The summed E-state index contributed by atoms with van der Waals surface area (Å²) < 4.78 is 0. The third-order valence-electron chi connectivity index (χ3n) is 5.48. The Balaban J connectivity index is 1.96. The fourth-order valence-corrected chi connectivity index (χ4v) is 3.70. The summed E-state index contributed by atoms with van der Waals surface area (Å²) in [5.41, 5.74) is 3.61. The van der Waals surface area contributed by atoms with Gasteiger partial charge in [-0.25, -0.2) is 0 Å². The van der Waals surface area contributed by atoms with Gasteiger partial charge in [0.1, 0.15) is 6.04 Å². The van der Waals surface area contributed by atoms with Crippen molar-refractivity contribution in [3.05, 3.63) is 107 Å². The van der Waals surface area contributed by atoms with Crippen LogP contribution in [0.15, 0.2) is 84.9 Å². The minimum absolute atomic E-state index is 0.00531. The molecular formula is C27H30N2O2. The molecule has 0 aliphatic heterocycles. The molecule has 0 heterocycles. The average Bonchev–Trinajstić information content (AvgIpc) is 2.79. The molecular weight excluding hydrogens is 384 g/mol. The van der Waals surface area contributed by atoms with Gasteiger partial charge >= 0.3 is 0 Å². The lowest BCUT2D eigenvalue weighted by molar-refractivity contribution is -0.122. The predicted molar refractivity (Wildman–Crippen MR) is 125 cm³/mol. The highest BCUT2D eigenvalue weighted by Crippen LogP contribution is 2.29. The molecule has 0 saturated heterocycles. The fourth-order valence-electron chi connectivity index (χ4n) is 3.70. The van der Waals surface area contributed by atoms with Gasteiger partial charge in [0.15, 0.2) is 0 Å². The summed E-state index contributed by atoms with van der Waals surface area (Å²) in [4.78, 5) is 26.0. The summed E-state index contributed by atoms with van der Waals surface area (Å²) in [7, 11) is 1.59. The van der Waals surface area contributed by atoms with E-state index in [0.717, 1.165) is 16.7 Å². The fraction of sp³-hybridized carbons (Fsp3) is 0.259. The zero-order valence-corrected chi connectivity index (χ0v) is 18.6. The smallest absolute Gasteiger partial charge is 0.251 e. The van der Waals surface area contributed by atoms with Crippen LogP contribution in [-0.4, -0.2) is 24.9 Å². The van der Waals surface area contributed by atoms with Crippen molar-refractivity contribution >= 4 is 11.8 Å². The van der Waals surface area contributed by atoms with E-state index in [0.29, 0.717) is 5.56 Å². The summed E-state index contributed by atoms with van der Waals surface area (Å²) in [6, 6.07) is 26.4. The van der Waals surface area contributed by atoms with E-state index in [1.165, 1.54) is 0 Å². The van der Waals surface area contributed by atoms with Gasteiger partial charge in [-0.2, -0.15) is 0 Å². The summed E-state index contributed by atoms with van der Waals surface area (Å²) in [6.07, 6.45) is 0. The van der Waals surface area contributed by atoms with E-state index in [4.69, 9.17) is 0 Å². The minimum Gasteiger partial charge on any atom is -0.357 e. The average molecular weight is 415 g/mol. The summed E-state index contributed by atoms with van der Waals surface area (Å²) >= 11 is 0. The van der Waals surface area contributed by atoms with Crippen molar-refractivity contribution in [3.8, 4) is 0 Å². The molecule has 3 aromatic rings. The molecule has 160 valence electrons. The molecule has 0 aromatic heterocycles. The van der Waals surface area contributed by atoms with E-state index >= 15 is 0 Å². The van der Waals surface area contributed by atoms with Gasteiger partial charge in [-0.1, -0.05) is 93.6 Å². The van der Waals surface area contributed by atoms with Gasteiger partial charge in [-0.15, -0.1) is 0 Å². The number of hydrogen-bond acceptors (Lipinski definition) is 2. The standard InChI is InChI=1S/C27H30N2O2/c1-27(2,3)22-17-15-21(16-18-22)25(30)29-24(26(31)28-4)23(19-11-7-5-8-12-19)20-13-9-6-10-14-20/h5-18,23-24H,1-4H3,(H,28,31)(H,29,30). The highest BCUT2D eigenvalue weighted by Gasteiger charge is 2.32. The molecule has 4 nitrogen and oxygen atoms in total. The SMILES string of the molecule is CNC(=O)C(NC(=O)c1ccc(C(C)(C)C)cc1)C(c1ccccc1)c1ccccc1. The van der Waals surface area contributed by atoms with E-state index in [9.17, 15) is 9.59 Å². The predicted octanol–water partition coefficient (Wildman–Crippen LogP) is 4.66. The second-order valence-electron chi connectivity index (χ2n) is 8.69. The van der Waals surface area contributed by atoms with Crippen molar-refractivity contribution in [2.75, 3.05) is 7.05 Å². The Morgan fingerprint density at radius 1 is 0.742 bits per heavy atom. The van der Waals surface area contributed by atoms with Crippen LogP contribution < -0.4 is 10.6 Å². The first-order valence-electron chi connectivity index (χ1n) is 10.5. The van der Waals surface area contributed by atoms with Gasteiger partial charge in [-0.3, -0.25) is 9.59 Å². The largest absolute Gasteiger partial charge is 0.357 e. The van der Waals surface area contributed by atoms with Gasteiger partial charge in [0.05, 0.1) is 0 Å². The molecule has 2 N–H and O–H groups in total. The van der Waals surface area contributed by atoms with Crippen LogP contribution in [0.2, 0.25) is 0 Å². The zero-order valence-electron chi connectivity index (χ0n) is 18.6. The second-order valence-corrected chi connectivity index (χ2v) is 8.69. The molecule has 1 unspecified atom stereocenters. The van der Waals surface area contributed by atoms with Crippen LogP contribution in [0.3, 0.4) is 0 Å². The van der Waals surface area contributed by atoms with Crippen LogP contribution in [-0.2, 0) is 10.2 Å². The summed E-state index contributed by atoms with van der Waals surface area (Å²) in [6.45, 7) is 6.40. The monoisotopic (exact) mass is 414 g/mol. The first-order valence-corrected chi connectivity index (χ1v) is 10.5. The topological polar surface area (TPSA) is 58.2 Å². The molecule has 2 amide bonds. The van der Waals surface area contributed by atoms with Crippen LogP contribution in [0.4, 0.5) is 0 Å². The highest BCUT2D eigenvalue weighted by molar-refractivity contribution is 5.98. The van der Waals surface area contributed by atoms with Crippen LogP contribution in [0.25, 0.3) is 0 Å². The molecule has 0 spiro atoms. The maximum Gasteiger partial charge on any atom is 0.251 e. The van der Waals surface area contributed by atoms with Crippen molar-refractivity contribution in [1.82, 2.24) is 10.6 Å². The Hall–Kier alpha value is -3.40. The zero-order chi connectivity index (χ0) is 22.4.